The van der Waals surface area contributed by atoms with Gasteiger partial charge in [-0.3, -0.25) is 4.79 Å². The quantitative estimate of drug-likeness (QED) is 0.765. The second kappa shape index (κ2) is 4.23. The molecule has 0 aliphatic carbocycles. The van der Waals surface area contributed by atoms with Crippen LogP contribution in [0.2, 0.25) is 0 Å². The van der Waals surface area contributed by atoms with Gasteiger partial charge in [-0.1, -0.05) is 6.07 Å². The molecule has 102 valence electrons. The molecular weight excluding hydrogens is 244 g/mol. The summed E-state index contributed by atoms with van der Waals surface area (Å²) < 4.78 is 16.3. The minimum Gasteiger partial charge on any atom is -0.497 e. The molecule has 4 nitrogen and oxygen atoms in total. The fourth-order valence-corrected chi connectivity index (χ4v) is 3.40. The number of carbonyl (C=O) groups is 1. The van der Waals surface area contributed by atoms with Crippen LogP contribution in [-0.4, -0.2) is 26.3 Å². The van der Waals surface area contributed by atoms with Crippen molar-refractivity contribution in [3.8, 4) is 5.75 Å². The van der Waals surface area contributed by atoms with Gasteiger partial charge in [0.15, 0.2) is 0 Å². The number of rotatable bonds is 2. The van der Waals surface area contributed by atoms with E-state index in [2.05, 4.69) is 0 Å². The van der Waals surface area contributed by atoms with Gasteiger partial charge in [-0.05, 0) is 43.0 Å². The van der Waals surface area contributed by atoms with E-state index in [-0.39, 0.29) is 18.0 Å². The second-order valence-corrected chi connectivity index (χ2v) is 5.39. The summed E-state index contributed by atoms with van der Waals surface area (Å²) in [4.78, 5) is 12.0. The average Bonchev–Trinajstić information content (AvgIpc) is 2.70. The van der Waals surface area contributed by atoms with Crippen molar-refractivity contribution in [3.05, 3.63) is 29.3 Å². The zero-order valence-corrected chi connectivity index (χ0v) is 11.4. The highest BCUT2D eigenvalue weighted by Gasteiger charge is 2.54. The highest BCUT2D eigenvalue weighted by Crippen LogP contribution is 2.50. The highest BCUT2D eigenvalue weighted by molar-refractivity contribution is 5.75. The van der Waals surface area contributed by atoms with Gasteiger partial charge in [0, 0.05) is 0 Å². The van der Waals surface area contributed by atoms with Crippen LogP contribution in [0.4, 0.5) is 0 Å². The number of esters is 1. The molecule has 0 aromatic heterocycles. The molecule has 2 aliphatic rings. The molecule has 3 atom stereocenters. The topological polar surface area (TPSA) is 44.8 Å². The summed E-state index contributed by atoms with van der Waals surface area (Å²) in [6.07, 6.45) is 1.64. The van der Waals surface area contributed by atoms with Crippen molar-refractivity contribution < 1.29 is 19.0 Å². The third kappa shape index (κ3) is 1.74. The number of methoxy groups -OCH3 is 2. The van der Waals surface area contributed by atoms with E-state index < -0.39 is 5.60 Å². The van der Waals surface area contributed by atoms with E-state index in [4.69, 9.17) is 14.2 Å². The largest absolute Gasteiger partial charge is 0.497 e. The summed E-state index contributed by atoms with van der Waals surface area (Å²) >= 11 is 0. The Bertz CT molecular complexity index is 525. The van der Waals surface area contributed by atoms with Crippen LogP contribution in [0.15, 0.2) is 18.2 Å². The van der Waals surface area contributed by atoms with Gasteiger partial charge in [-0.15, -0.1) is 0 Å². The molecular formula is C15H18O4. The SMILES string of the molecule is COC(=O)C1C[C@@H]2Cc3cc(OC)ccc3[C@@]1(C)O2. The van der Waals surface area contributed by atoms with E-state index in [1.165, 1.54) is 12.7 Å². The molecule has 2 aliphatic heterocycles. The van der Waals surface area contributed by atoms with Crippen LogP contribution in [0.3, 0.4) is 0 Å². The van der Waals surface area contributed by atoms with Crippen LogP contribution in [0.5, 0.6) is 5.75 Å². The minimum absolute atomic E-state index is 0.0914. The Morgan fingerprint density at radius 1 is 1.42 bits per heavy atom. The summed E-state index contributed by atoms with van der Waals surface area (Å²) in [6, 6.07) is 5.97. The van der Waals surface area contributed by atoms with Gasteiger partial charge in [0.25, 0.3) is 0 Å². The van der Waals surface area contributed by atoms with E-state index in [0.717, 1.165) is 24.2 Å². The monoisotopic (exact) mass is 262 g/mol. The molecule has 1 aromatic carbocycles. The molecule has 2 bridgehead atoms. The van der Waals surface area contributed by atoms with Crippen LogP contribution < -0.4 is 4.74 Å². The van der Waals surface area contributed by atoms with Crippen molar-refractivity contribution in [2.45, 2.75) is 31.5 Å². The summed E-state index contributed by atoms with van der Waals surface area (Å²) in [6.45, 7) is 1.99. The lowest BCUT2D eigenvalue weighted by Crippen LogP contribution is -2.37. The van der Waals surface area contributed by atoms with Crippen LogP contribution in [-0.2, 0) is 26.3 Å². The van der Waals surface area contributed by atoms with Crippen LogP contribution in [0.1, 0.15) is 24.5 Å². The van der Waals surface area contributed by atoms with E-state index in [1.807, 2.05) is 25.1 Å². The molecule has 0 N–H and O–H groups in total. The smallest absolute Gasteiger partial charge is 0.312 e. The van der Waals surface area contributed by atoms with Crippen molar-refractivity contribution in [1.82, 2.24) is 0 Å². The van der Waals surface area contributed by atoms with Crippen molar-refractivity contribution in [3.63, 3.8) is 0 Å². The van der Waals surface area contributed by atoms with Crippen molar-refractivity contribution >= 4 is 5.97 Å². The highest BCUT2D eigenvalue weighted by atomic mass is 16.5. The maximum absolute atomic E-state index is 12.0. The molecule has 0 spiro atoms. The molecule has 0 saturated carbocycles. The molecule has 1 aromatic rings. The molecule has 0 radical (unpaired) electrons. The first-order valence-corrected chi connectivity index (χ1v) is 6.51. The summed E-state index contributed by atoms with van der Waals surface area (Å²) in [5, 5.41) is 0. The predicted octanol–water partition coefficient (Wildman–Crippen LogP) is 2.04. The number of hydrogen-bond donors (Lipinski definition) is 0. The van der Waals surface area contributed by atoms with Crippen LogP contribution >= 0.6 is 0 Å². The minimum atomic E-state index is -0.572. The third-order valence-corrected chi connectivity index (χ3v) is 4.36. The fourth-order valence-electron chi connectivity index (χ4n) is 3.40. The molecule has 3 rings (SSSR count). The lowest BCUT2D eigenvalue weighted by atomic mass is 9.82. The van der Waals surface area contributed by atoms with Crippen molar-refractivity contribution in [1.29, 1.82) is 0 Å². The number of ether oxygens (including phenoxy) is 3. The Hall–Kier alpha value is -1.55. The fraction of sp³-hybridized carbons (Fsp3) is 0.533. The number of hydrogen-bond acceptors (Lipinski definition) is 4. The third-order valence-electron chi connectivity index (χ3n) is 4.36. The van der Waals surface area contributed by atoms with Crippen molar-refractivity contribution in [2.24, 2.45) is 5.92 Å². The summed E-state index contributed by atoms with van der Waals surface area (Å²) in [7, 11) is 3.09. The maximum atomic E-state index is 12.0. The lowest BCUT2D eigenvalue weighted by Gasteiger charge is -2.35. The normalized spacial score (nSPS) is 31.7. The Kier molecular flexibility index (Phi) is 2.78. The lowest BCUT2D eigenvalue weighted by molar-refractivity contribution is -0.153. The Morgan fingerprint density at radius 3 is 2.89 bits per heavy atom. The molecule has 4 heteroatoms. The standard InChI is InChI=1S/C15H18O4/c1-15-12-5-4-10(17-2)6-9(12)7-11(19-15)8-13(15)14(16)18-3/h4-6,11,13H,7-8H2,1-3H3/t11-,13?,15+/m0/s1. The molecule has 19 heavy (non-hydrogen) atoms. The molecule has 0 amide bonds. The summed E-state index contributed by atoms with van der Waals surface area (Å²) in [5.74, 6) is 0.434. The van der Waals surface area contributed by atoms with Gasteiger partial charge in [-0.25, -0.2) is 0 Å². The predicted molar refractivity (Wildman–Crippen MR) is 69.0 cm³/mol. The Morgan fingerprint density at radius 2 is 2.21 bits per heavy atom. The molecule has 1 fully saturated rings. The van der Waals surface area contributed by atoms with E-state index in [9.17, 15) is 4.79 Å². The van der Waals surface area contributed by atoms with E-state index in [1.54, 1.807) is 7.11 Å². The van der Waals surface area contributed by atoms with Crippen LogP contribution in [0, 0.1) is 5.92 Å². The maximum Gasteiger partial charge on any atom is 0.312 e. The van der Waals surface area contributed by atoms with E-state index >= 15 is 0 Å². The first kappa shape index (κ1) is 12.5. The number of fused-ring (bicyclic) bond motifs is 4. The number of carbonyl (C=O) groups excluding carboxylic acids is 1. The van der Waals surface area contributed by atoms with Gasteiger partial charge in [0.1, 0.15) is 11.4 Å². The van der Waals surface area contributed by atoms with Gasteiger partial charge >= 0.3 is 5.97 Å². The Balaban J connectivity index is 2.06. The second-order valence-electron chi connectivity index (χ2n) is 5.39. The zero-order valence-electron chi connectivity index (χ0n) is 11.4. The summed E-state index contributed by atoms with van der Waals surface area (Å²) in [5.41, 5.74) is 1.72. The first-order chi connectivity index (χ1) is 9.08. The van der Waals surface area contributed by atoms with Gasteiger partial charge < -0.3 is 14.2 Å². The van der Waals surface area contributed by atoms with Gasteiger partial charge in [-0.2, -0.15) is 0 Å². The average molecular weight is 262 g/mol. The van der Waals surface area contributed by atoms with Gasteiger partial charge in [0.05, 0.1) is 26.2 Å². The first-order valence-electron chi connectivity index (χ1n) is 6.51. The van der Waals surface area contributed by atoms with Crippen molar-refractivity contribution in [2.75, 3.05) is 14.2 Å². The molecule has 1 saturated heterocycles. The number of benzene rings is 1. The zero-order chi connectivity index (χ0) is 13.6. The Labute approximate surface area is 112 Å². The van der Waals surface area contributed by atoms with E-state index in [0.29, 0.717) is 0 Å². The van der Waals surface area contributed by atoms with Gasteiger partial charge in [0.2, 0.25) is 0 Å². The molecule has 2 heterocycles. The molecule has 1 unspecified atom stereocenters. The van der Waals surface area contributed by atoms with Crippen LogP contribution in [0.25, 0.3) is 0 Å².